The molecule has 8 nitrogen and oxygen atoms in total. The molecule has 0 rings (SSSR count). The van der Waals surface area contributed by atoms with Gasteiger partial charge in [0.1, 0.15) is 6.54 Å². The summed E-state index contributed by atoms with van der Waals surface area (Å²) in [6.45, 7) is 8.19. The molecular formula is C11H25N5O3S. The average molecular weight is 307 g/mol. The number of amides is 1. The molecule has 0 spiro atoms. The molecule has 0 aliphatic heterocycles. The number of primary sulfonamides is 1. The van der Waals surface area contributed by atoms with Crippen molar-refractivity contribution in [3.05, 3.63) is 0 Å². The summed E-state index contributed by atoms with van der Waals surface area (Å²) < 4.78 is 21.6. The molecule has 9 heteroatoms. The molecule has 0 aromatic rings. The van der Waals surface area contributed by atoms with E-state index in [0.29, 0.717) is 12.5 Å². The zero-order valence-electron chi connectivity index (χ0n) is 12.5. The van der Waals surface area contributed by atoms with Crippen LogP contribution >= 0.6 is 0 Å². The Balaban J connectivity index is 4.36. The lowest BCUT2D eigenvalue weighted by molar-refractivity contribution is -0.121. The number of nitrogens with zero attached hydrogens (tertiary/aromatic N) is 1. The van der Waals surface area contributed by atoms with Crippen molar-refractivity contribution in [3.63, 3.8) is 0 Å². The fourth-order valence-corrected chi connectivity index (χ4v) is 1.65. The van der Waals surface area contributed by atoms with Gasteiger partial charge in [-0.05, 0) is 27.7 Å². The Kier molecular flexibility index (Phi) is 7.51. The Morgan fingerprint density at radius 3 is 2.30 bits per heavy atom. The summed E-state index contributed by atoms with van der Waals surface area (Å²) in [5, 5.41) is 13.4. The molecule has 0 heterocycles. The van der Waals surface area contributed by atoms with Gasteiger partial charge < -0.3 is 16.0 Å². The third kappa shape index (κ3) is 11.7. The van der Waals surface area contributed by atoms with Crippen molar-refractivity contribution in [1.29, 1.82) is 0 Å². The number of hydrogen-bond donors (Lipinski definition) is 4. The molecule has 118 valence electrons. The predicted molar refractivity (Wildman–Crippen MR) is 79.9 cm³/mol. The van der Waals surface area contributed by atoms with Crippen molar-refractivity contribution in [2.45, 2.75) is 33.2 Å². The lowest BCUT2D eigenvalue weighted by atomic mass is 10.1. The number of guanidine groups is 1. The fraction of sp³-hybridized carbons (Fsp3) is 0.818. The van der Waals surface area contributed by atoms with E-state index in [1.807, 2.05) is 27.7 Å². The number of sulfonamides is 1. The monoisotopic (exact) mass is 307 g/mol. The third-order valence-corrected chi connectivity index (χ3v) is 2.69. The number of nitrogens with one attached hydrogen (secondary N) is 3. The minimum absolute atomic E-state index is 0.0397. The lowest BCUT2D eigenvalue weighted by Crippen LogP contribution is -2.44. The van der Waals surface area contributed by atoms with E-state index in [2.05, 4.69) is 20.9 Å². The minimum Gasteiger partial charge on any atom is -0.357 e. The quantitative estimate of drug-likeness (QED) is 0.360. The maximum Gasteiger partial charge on any atom is 0.242 e. The van der Waals surface area contributed by atoms with E-state index in [4.69, 9.17) is 5.14 Å². The maximum atomic E-state index is 11.6. The van der Waals surface area contributed by atoms with E-state index in [1.165, 1.54) is 0 Å². The summed E-state index contributed by atoms with van der Waals surface area (Å²) in [5.41, 5.74) is -0.313. The van der Waals surface area contributed by atoms with E-state index in [1.54, 1.807) is 0 Å². The van der Waals surface area contributed by atoms with Crippen LogP contribution in [0.2, 0.25) is 0 Å². The van der Waals surface area contributed by atoms with Gasteiger partial charge in [-0.25, -0.2) is 18.5 Å². The van der Waals surface area contributed by atoms with Crippen LogP contribution in [0.3, 0.4) is 0 Å². The first-order chi connectivity index (χ1) is 9.03. The summed E-state index contributed by atoms with van der Waals surface area (Å²) in [5.74, 6) is -0.0349. The molecule has 0 aliphatic rings. The van der Waals surface area contributed by atoms with E-state index >= 15 is 0 Å². The minimum atomic E-state index is -3.51. The highest BCUT2D eigenvalue weighted by Gasteiger charge is 2.13. The molecule has 0 aromatic carbocycles. The number of carbonyl (C=O) groups is 1. The largest absolute Gasteiger partial charge is 0.357 e. The Labute approximate surface area is 120 Å². The second-order valence-electron chi connectivity index (χ2n) is 5.29. The van der Waals surface area contributed by atoms with Gasteiger partial charge in [0, 0.05) is 18.6 Å². The molecule has 0 unspecified atom stereocenters. The van der Waals surface area contributed by atoms with Crippen molar-refractivity contribution in [1.82, 2.24) is 16.0 Å². The first kappa shape index (κ1) is 18.7. The van der Waals surface area contributed by atoms with Gasteiger partial charge in [0.05, 0.1) is 5.75 Å². The van der Waals surface area contributed by atoms with E-state index in [-0.39, 0.29) is 30.3 Å². The molecule has 5 N–H and O–H groups in total. The Bertz CT molecular complexity index is 439. The average Bonchev–Trinajstić information content (AvgIpc) is 2.21. The first-order valence-electron chi connectivity index (χ1n) is 6.37. The Hall–Kier alpha value is -1.35. The first-order valence-corrected chi connectivity index (χ1v) is 8.08. The van der Waals surface area contributed by atoms with Crippen molar-refractivity contribution in [3.8, 4) is 0 Å². The topological polar surface area (TPSA) is 126 Å². The van der Waals surface area contributed by atoms with Crippen LogP contribution < -0.4 is 21.1 Å². The van der Waals surface area contributed by atoms with Gasteiger partial charge >= 0.3 is 0 Å². The highest BCUT2D eigenvalue weighted by molar-refractivity contribution is 7.89. The van der Waals surface area contributed by atoms with Gasteiger partial charge in [0.15, 0.2) is 5.96 Å². The molecule has 0 saturated carbocycles. The van der Waals surface area contributed by atoms with Crippen molar-refractivity contribution in [2.75, 3.05) is 25.4 Å². The fourth-order valence-electron chi connectivity index (χ4n) is 1.26. The zero-order valence-corrected chi connectivity index (χ0v) is 13.3. The van der Waals surface area contributed by atoms with E-state index < -0.39 is 10.0 Å². The number of nitrogens with two attached hydrogens (primary N) is 1. The molecule has 0 aromatic heterocycles. The van der Waals surface area contributed by atoms with Gasteiger partial charge in [-0.15, -0.1) is 0 Å². The van der Waals surface area contributed by atoms with Crippen LogP contribution in [-0.2, 0) is 14.8 Å². The lowest BCUT2D eigenvalue weighted by Gasteiger charge is -2.20. The summed E-state index contributed by atoms with van der Waals surface area (Å²) in [6.07, 6.45) is 0. The molecular weight excluding hydrogens is 282 g/mol. The van der Waals surface area contributed by atoms with E-state index in [0.717, 1.165) is 0 Å². The van der Waals surface area contributed by atoms with Crippen LogP contribution in [0.1, 0.15) is 27.7 Å². The maximum absolute atomic E-state index is 11.6. The van der Waals surface area contributed by atoms with Crippen molar-refractivity contribution >= 4 is 21.9 Å². The van der Waals surface area contributed by atoms with Gasteiger partial charge in [-0.2, -0.15) is 0 Å². The van der Waals surface area contributed by atoms with Crippen LogP contribution in [0.5, 0.6) is 0 Å². The second-order valence-corrected chi connectivity index (χ2v) is 7.02. The number of rotatable bonds is 6. The molecule has 20 heavy (non-hydrogen) atoms. The number of carbonyl (C=O) groups excluding carboxylic acids is 1. The molecule has 0 fully saturated rings. The van der Waals surface area contributed by atoms with Gasteiger partial charge in [-0.1, -0.05) is 0 Å². The van der Waals surface area contributed by atoms with Gasteiger partial charge in [-0.3, -0.25) is 4.79 Å². The van der Waals surface area contributed by atoms with Crippen LogP contribution in [0.15, 0.2) is 4.99 Å². The van der Waals surface area contributed by atoms with Crippen LogP contribution in [0, 0.1) is 0 Å². The number of hydrogen-bond acceptors (Lipinski definition) is 4. The molecule has 1 amide bonds. The Morgan fingerprint density at radius 2 is 1.85 bits per heavy atom. The summed E-state index contributed by atoms with van der Waals surface area (Å²) in [6, 6.07) is 0. The van der Waals surface area contributed by atoms with Crippen molar-refractivity contribution in [2.24, 2.45) is 10.1 Å². The summed E-state index contributed by atoms with van der Waals surface area (Å²) in [7, 11) is -3.51. The highest BCUT2D eigenvalue weighted by Crippen LogP contribution is 1.97. The molecule has 0 aliphatic carbocycles. The molecule has 0 atom stereocenters. The van der Waals surface area contributed by atoms with Crippen LogP contribution in [0.4, 0.5) is 0 Å². The summed E-state index contributed by atoms with van der Waals surface area (Å²) >= 11 is 0. The van der Waals surface area contributed by atoms with E-state index in [9.17, 15) is 13.2 Å². The summed E-state index contributed by atoms with van der Waals surface area (Å²) in [4.78, 5) is 15.7. The van der Waals surface area contributed by atoms with Crippen LogP contribution in [0.25, 0.3) is 0 Å². The molecule has 0 saturated heterocycles. The molecule has 0 radical (unpaired) electrons. The predicted octanol–water partition coefficient (Wildman–Crippen LogP) is -1.26. The molecule has 0 bridgehead atoms. The van der Waals surface area contributed by atoms with Gasteiger partial charge in [0.25, 0.3) is 0 Å². The zero-order chi connectivity index (χ0) is 15.8. The third-order valence-electron chi connectivity index (χ3n) is 1.92. The number of aliphatic imine (C=N–C) groups is 1. The standard InChI is InChI=1S/C11H25N5O3S/c1-5-13-10(14-6-7-20(12,18)19)15-8-9(17)16-11(2,3)4/h5-8H2,1-4H3,(H,16,17)(H2,12,18,19)(H2,13,14,15). The van der Waals surface area contributed by atoms with Crippen molar-refractivity contribution < 1.29 is 13.2 Å². The highest BCUT2D eigenvalue weighted by atomic mass is 32.2. The Morgan fingerprint density at radius 1 is 1.25 bits per heavy atom. The smallest absolute Gasteiger partial charge is 0.242 e. The van der Waals surface area contributed by atoms with Crippen LogP contribution in [-0.4, -0.2) is 51.2 Å². The SMILES string of the molecule is CCNC(=NCC(=O)NC(C)(C)C)NCCS(N)(=O)=O. The second kappa shape index (κ2) is 8.05. The van der Waals surface area contributed by atoms with Gasteiger partial charge in [0.2, 0.25) is 15.9 Å². The normalized spacial score (nSPS) is 12.9.